The van der Waals surface area contributed by atoms with Gasteiger partial charge < -0.3 is 25.8 Å². The molecule has 29 heavy (non-hydrogen) atoms. The fourth-order valence-corrected chi connectivity index (χ4v) is 3.60. The van der Waals surface area contributed by atoms with Crippen LogP contribution in [-0.4, -0.2) is 59.0 Å². The van der Waals surface area contributed by atoms with E-state index >= 15 is 0 Å². The van der Waals surface area contributed by atoms with Crippen LogP contribution >= 0.6 is 0 Å². The lowest BCUT2D eigenvalue weighted by Gasteiger charge is -2.22. The van der Waals surface area contributed by atoms with Gasteiger partial charge in [-0.05, 0) is 51.6 Å². The van der Waals surface area contributed by atoms with Crippen LogP contribution in [0.3, 0.4) is 0 Å². The van der Waals surface area contributed by atoms with Crippen molar-refractivity contribution >= 4 is 22.9 Å². The number of hydrogen-bond donors (Lipinski definition) is 3. The lowest BCUT2D eigenvalue weighted by Crippen LogP contribution is -2.26. The summed E-state index contributed by atoms with van der Waals surface area (Å²) in [6, 6.07) is 0.516. The number of rotatable bonds is 12. The first kappa shape index (κ1) is 21.6. The minimum atomic E-state index is 0.372. The average Bonchev–Trinajstić information content (AvgIpc) is 3.10. The Labute approximate surface area is 172 Å². The highest BCUT2D eigenvalue weighted by Gasteiger charge is 2.17. The topological polar surface area (TPSA) is 112 Å². The normalized spacial score (nSPS) is 17.0. The number of hydrogen-bond acceptors (Lipinski definition) is 8. The number of unbranched alkanes of at least 4 members (excludes halogenated alkanes) is 1. The molecular formula is C20H35N7O2. The van der Waals surface area contributed by atoms with Gasteiger partial charge in [0.15, 0.2) is 17.0 Å². The Bertz CT molecular complexity index is 759. The van der Waals surface area contributed by atoms with Crippen molar-refractivity contribution in [2.45, 2.75) is 64.5 Å². The van der Waals surface area contributed by atoms with E-state index in [0.29, 0.717) is 35.0 Å². The summed E-state index contributed by atoms with van der Waals surface area (Å²) in [4.78, 5) is 13.4. The van der Waals surface area contributed by atoms with Crippen LogP contribution < -0.4 is 21.1 Å². The molecule has 0 radical (unpaired) electrons. The molecular weight excluding hydrogens is 370 g/mol. The molecule has 1 aliphatic rings. The molecule has 0 saturated carbocycles. The Kier molecular flexibility index (Phi) is 8.30. The monoisotopic (exact) mass is 405 g/mol. The van der Waals surface area contributed by atoms with E-state index in [1.54, 1.807) is 7.11 Å². The fourth-order valence-electron chi connectivity index (χ4n) is 3.60. The maximum absolute atomic E-state index is 6.12. The lowest BCUT2D eigenvalue weighted by molar-refractivity contribution is 0.0116. The van der Waals surface area contributed by atoms with Gasteiger partial charge in [-0.15, -0.1) is 0 Å². The van der Waals surface area contributed by atoms with Crippen molar-refractivity contribution in [1.82, 2.24) is 24.8 Å². The van der Waals surface area contributed by atoms with Crippen molar-refractivity contribution in [2.75, 3.05) is 44.4 Å². The molecule has 2 aromatic rings. The van der Waals surface area contributed by atoms with Gasteiger partial charge in [-0.2, -0.15) is 15.0 Å². The summed E-state index contributed by atoms with van der Waals surface area (Å²) in [5.41, 5.74) is 7.42. The molecule has 3 heterocycles. The highest BCUT2D eigenvalue weighted by Crippen LogP contribution is 2.25. The van der Waals surface area contributed by atoms with Gasteiger partial charge in [0.05, 0.1) is 13.2 Å². The summed E-state index contributed by atoms with van der Waals surface area (Å²) >= 11 is 0. The summed E-state index contributed by atoms with van der Waals surface area (Å²) < 4.78 is 13.2. The molecule has 0 aromatic carbocycles. The van der Waals surface area contributed by atoms with Crippen LogP contribution in [0.1, 0.15) is 51.9 Å². The van der Waals surface area contributed by atoms with Gasteiger partial charge in [0, 0.05) is 19.7 Å². The molecule has 1 aliphatic heterocycles. The van der Waals surface area contributed by atoms with Crippen LogP contribution in [0.15, 0.2) is 0 Å². The molecule has 1 unspecified atom stereocenters. The molecule has 2 aromatic heterocycles. The minimum Gasteiger partial charge on any atom is -0.468 e. The van der Waals surface area contributed by atoms with Crippen LogP contribution in [-0.2, 0) is 11.3 Å². The zero-order valence-corrected chi connectivity index (χ0v) is 17.7. The number of nitrogens with one attached hydrogen (secondary N) is 2. The highest BCUT2D eigenvalue weighted by molar-refractivity contribution is 5.84. The van der Waals surface area contributed by atoms with E-state index in [4.69, 9.17) is 15.2 Å². The molecule has 0 amide bonds. The first-order valence-electron chi connectivity index (χ1n) is 10.9. The van der Waals surface area contributed by atoms with Crippen LogP contribution in [0.5, 0.6) is 6.01 Å². The Morgan fingerprint density at radius 2 is 2.07 bits per heavy atom. The van der Waals surface area contributed by atoms with Gasteiger partial charge in [-0.3, -0.25) is 4.57 Å². The molecule has 0 aliphatic carbocycles. The summed E-state index contributed by atoms with van der Waals surface area (Å²) in [5, 5.41) is 6.75. The third-order valence-electron chi connectivity index (χ3n) is 5.23. The smallest absolute Gasteiger partial charge is 0.298 e. The summed E-state index contributed by atoms with van der Waals surface area (Å²) in [7, 11) is 1.62. The maximum Gasteiger partial charge on any atom is 0.298 e. The van der Waals surface area contributed by atoms with Crippen molar-refractivity contribution in [3.63, 3.8) is 0 Å². The van der Waals surface area contributed by atoms with Gasteiger partial charge in [0.1, 0.15) is 0 Å². The fraction of sp³-hybridized carbons (Fsp3) is 0.750. The van der Waals surface area contributed by atoms with E-state index in [9.17, 15) is 0 Å². The number of methoxy groups -OCH3 is 1. The Hall–Kier alpha value is -2.13. The molecule has 4 N–H and O–H groups in total. The predicted molar refractivity (Wildman–Crippen MR) is 115 cm³/mol. The molecule has 1 saturated heterocycles. The second-order valence-corrected chi connectivity index (χ2v) is 7.52. The predicted octanol–water partition coefficient (Wildman–Crippen LogP) is 2.57. The number of anilines is 2. The first-order valence-corrected chi connectivity index (χ1v) is 10.9. The van der Waals surface area contributed by atoms with Crippen molar-refractivity contribution in [2.24, 2.45) is 0 Å². The number of nitrogens with two attached hydrogens (primary N) is 1. The third-order valence-corrected chi connectivity index (χ3v) is 5.23. The van der Waals surface area contributed by atoms with Crippen LogP contribution in [0.2, 0.25) is 0 Å². The summed E-state index contributed by atoms with van der Waals surface area (Å²) in [6.45, 7) is 6.53. The quantitative estimate of drug-likeness (QED) is 0.462. The van der Waals surface area contributed by atoms with Crippen molar-refractivity contribution in [3.05, 3.63) is 0 Å². The van der Waals surface area contributed by atoms with Crippen molar-refractivity contribution in [3.8, 4) is 6.01 Å². The van der Waals surface area contributed by atoms with E-state index in [0.717, 1.165) is 58.5 Å². The summed E-state index contributed by atoms with van der Waals surface area (Å²) in [5.74, 6) is 0.912. The highest BCUT2D eigenvalue weighted by atomic mass is 16.5. The zero-order chi connectivity index (χ0) is 20.5. The molecule has 9 nitrogen and oxygen atoms in total. The van der Waals surface area contributed by atoms with E-state index in [1.165, 1.54) is 19.3 Å². The van der Waals surface area contributed by atoms with Gasteiger partial charge >= 0.3 is 0 Å². The number of aryl methyl sites for hydroxylation is 1. The van der Waals surface area contributed by atoms with E-state index in [2.05, 4.69) is 32.5 Å². The van der Waals surface area contributed by atoms with Gasteiger partial charge in [0.2, 0.25) is 5.95 Å². The van der Waals surface area contributed by atoms with Crippen molar-refractivity contribution < 1.29 is 9.47 Å². The van der Waals surface area contributed by atoms with Gasteiger partial charge in [-0.1, -0.05) is 13.3 Å². The Balaban J connectivity index is 1.55. The standard InChI is InChI=1S/C20H35N7O2/c1-3-4-11-23-19-25-17(21)16-18(26-19)27(20(24-16)28-2)13-7-10-22-12-9-15-8-5-6-14-29-15/h15,22H,3-14H2,1-2H3,(H3,21,23,25,26). The molecule has 0 bridgehead atoms. The van der Waals surface area contributed by atoms with Crippen LogP contribution in [0.25, 0.3) is 11.2 Å². The average molecular weight is 406 g/mol. The number of imidazole rings is 1. The number of nitrogen functional groups attached to an aromatic ring is 1. The minimum absolute atomic E-state index is 0.372. The van der Waals surface area contributed by atoms with Gasteiger partial charge in [-0.25, -0.2) is 0 Å². The number of aromatic nitrogens is 4. The van der Waals surface area contributed by atoms with Crippen LogP contribution in [0, 0.1) is 0 Å². The van der Waals surface area contributed by atoms with E-state index in [-0.39, 0.29) is 0 Å². The summed E-state index contributed by atoms with van der Waals surface area (Å²) in [6.07, 6.45) is 8.29. The molecule has 1 atom stereocenters. The second kappa shape index (κ2) is 11.2. The molecule has 162 valence electrons. The zero-order valence-electron chi connectivity index (χ0n) is 17.7. The first-order chi connectivity index (χ1) is 14.2. The lowest BCUT2D eigenvalue weighted by atomic mass is 10.1. The Morgan fingerprint density at radius 3 is 2.83 bits per heavy atom. The van der Waals surface area contributed by atoms with Crippen molar-refractivity contribution in [1.29, 1.82) is 0 Å². The largest absolute Gasteiger partial charge is 0.468 e. The Morgan fingerprint density at radius 1 is 1.17 bits per heavy atom. The molecule has 1 fully saturated rings. The number of fused-ring (bicyclic) bond motifs is 1. The van der Waals surface area contributed by atoms with Gasteiger partial charge in [0.25, 0.3) is 6.01 Å². The molecule has 9 heteroatoms. The third kappa shape index (κ3) is 5.93. The van der Waals surface area contributed by atoms with E-state index in [1.807, 2.05) is 4.57 Å². The van der Waals surface area contributed by atoms with E-state index < -0.39 is 0 Å². The van der Waals surface area contributed by atoms with Crippen LogP contribution in [0.4, 0.5) is 11.8 Å². The molecule has 0 spiro atoms. The molecule has 3 rings (SSSR count). The maximum atomic E-state index is 6.12. The second-order valence-electron chi connectivity index (χ2n) is 7.52. The SMILES string of the molecule is CCCCNc1nc(N)c2nc(OC)n(CCCNCCC3CCCCO3)c2n1. The number of ether oxygens (including phenoxy) is 2. The number of nitrogens with zero attached hydrogens (tertiary/aromatic N) is 4.